The van der Waals surface area contributed by atoms with E-state index in [-0.39, 0.29) is 29.0 Å². The van der Waals surface area contributed by atoms with E-state index < -0.39 is 0 Å². The molecule has 1 aliphatic heterocycles. The first kappa shape index (κ1) is 29.5. The van der Waals surface area contributed by atoms with Gasteiger partial charge in [-0.2, -0.15) is 5.10 Å². The van der Waals surface area contributed by atoms with Crippen LogP contribution in [0.25, 0.3) is 0 Å². The maximum absolute atomic E-state index is 12.6. The number of nitrogens with zero attached hydrogens (tertiary/aromatic N) is 3. The SMILES string of the molecule is COc1ccc(OC)c(CN2CCN(CC(=O)N/N=C/c3cc(C(C)(C)C)cc(C(C)(C)C)c3O)CC2)c1. The lowest BCUT2D eigenvalue weighted by atomic mass is 9.79. The number of carbonyl (C=O) groups excluding carboxylic acids is 1. The Morgan fingerprint density at radius 2 is 1.63 bits per heavy atom. The highest BCUT2D eigenvalue weighted by molar-refractivity contribution is 5.86. The molecule has 1 amide bonds. The van der Waals surface area contributed by atoms with Crippen LogP contribution in [0, 0.1) is 0 Å². The van der Waals surface area contributed by atoms with Crippen LogP contribution in [0.4, 0.5) is 0 Å². The van der Waals surface area contributed by atoms with Crippen LogP contribution in [0.2, 0.25) is 0 Å². The van der Waals surface area contributed by atoms with Gasteiger partial charge in [-0.3, -0.25) is 14.6 Å². The number of aromatic hydroxyl groups is 1. The molecule has 1 saturated heterocycles. The van der Waals surface area contributed by atoms with Crippen molar-refractivity contribution in [1.82, 2.24) is 15.2 Å². The van der Waals surface area contributed by atoms with Crippen LogP contribution in [0.15, 0.2) is 35.4 Å². The lowest BCUT2D eigenvalue weighted by Gasteiger charge is -2.34. The number of ether oxygens (including phenoxy) is 2. The smallest absolute Gasteiger partial charge is 0.254 e. The molecule has 2 aromatic carbocycles. The van der Waals surface area contributed by atoms with Gasteiger partial charge in [0.2, 0.25) is 0 Å². The zero-order chi connectivity index (χ0) is 28.1. The molecule has 1 aliphatic rings. The van der Waals surface area contributed by atoms with E-state index in [4.69, 9.17) is 9.47 Å². The van der Waals surface area contributed by atoms with E-state index in [9.17, 15) is 9.90 Å². The number of benzene rings is 2. The molecule has 0 unspecified atom stereocenters. The summed E-state index contributed by atoms with van der Waals surface area (Å²) in [5, 5.41) is 15.1. The van der Waals surface area contributed by atoms with Crippen molar-refractivity contribution in [3.63, 3.8) is 0 Å². The van der Waals surface area contributed by atoms with Crippen LogP contribution in [0.1, 0.15) is 63.8 Å². The second-order valence-corrected chi connectivity index (χ2v) is 12.0. The van der Waals surface area contributed by atoms with E-state index in [1.807, 2.05) is 24.3 Å². The summed E-state index contributed by atoms with van der Waals surface area (Å²) < 4.78 is 10.9. The Balaban J connectivity index is 1.56. The Kier molecular flexibility index (Phi) is 9.44. The van der Waals surface area contributed by atoms with E-state index in [2.05, 4.69) is 67.9 Å². The van der Waals surface area contributed by atoms with E-state index in [0.29, 0.717) is 5.56 Å². The maximum Gasteiger partial charge on any atom is 0.254 e. The summed E-state index contributed by atoms with van der Waals surface area (Å²) in [6.45, 7) is 16.9. The molecule has 0 atom stereocenters. The molecule has 38 heavy (non-hydrogen) atoms. The van der Waals surface area contributed by atoms with Crippen molar-refractivity contribution in [2.24, 2.45) is 5.10 Å². The Morgan fingerprint density at radius 3 is 2.21 bits per heavy atom. The average Bonchev–Trinajstić information content (AvgIpc) is 2.84. The summed E-state index contributed by atoms with van der Waals surface area (Å²) in [5.41, 5.74) is 5.98. The highest BCUT2D eigenvalue weighted by Crippen LogP contribution is 2.37. The summed E-state index contributed by atoms with van der Waals surface area (Å²) in [6, 6.07) is 9.84. The highest BCUT2D eigenvalue weighted by Gasteiger charge is 2.25. The molecule has 2 N–H and O–H groups in total. The normalized spacial score (nSPS) is 15.6. The number of phenolic OH excluding ortho intramolecular Hbond substituents is 1. The lowest BCUT2D eigenvalue weighted by molar-refractivity contribution is -0.122. The Bertz CT molecular complexity index is 1140. The first-order valence-electron chi connectivity index (χ1n) is 13.2. The van der Waals surface area contributed by atoms with E-state index >= 15 is 0 Å². The Labute approximate surface area is 227 Å². The molecule has 3 rings (SSSR count). The zero-order valence-electron chi connectivity index (χ0n) is 24.2. The number of rotatable bonds is 8. The molecule has 0 spiro atoms. The number of phenols is 1. The van der Waals surface area contributed by atoms with E-state index in [1.54, 1.807) is 14.2 Å². The topological polar surface area (TPSA) is 86.6 Å². The fourth-order valence-electron chi connectivity index (χ4n) is 4.52. The van der Waals surface area contributed by atoms with Gasteiger partial charge in [-0.25, -0.2) is 5.43 Å². The van der Waals surface area contributed by atoms with Gasteiger partial charge in [0.25, 0.3) is 5.91 Å². The predicted octanol–water partition coefficient (Wildman–Crippen LogP) is 4.27. The first-order chi connectivity index (χ1) is 17.8. The minimum absolute atomic E-state index is 0.0839. The fraction of sp³-hybridized carbons (Fsp3) is 0.533. The second-order valence-electron chi connectivity index (χ2n) is 12.0. The third-order valence-corrected chi connectivity index (χ3v) is 6.92. The van der Waals surface area contributed by atoms with Crippen LogP contribution in [-0.2, 0) is 22.2 Å². The lowest BCUT2D eigenvalue weighted by Crippen LogP contribution is -2.48. The van der Waals surface area contributed by atoms with Gasteiger partial charge in [-0.1, -0.05) is 47.6 Å². The standard InChI is InChI=1S/C30H44N4O4/c1-29(2,3)23-15-21(28(36)25(17-23)30(4,5)6)18-31-32-27(35)20-34-13-11-33(12-14-34)19-22-16-24(37-7)9-10-26(22)38-8/h9-10,15-18,36H,11-14,19-20H2,1-8H3,(H,32,35)/b31-18+. The molecule has 8 nitrogen and oxygen atoms in total. The molecule has 0 aromatic heterocycles. The Morgan fingerprint density at radius 1 is 0.974 bits per heavy atom. The average molecular weight is 525 g/mol. The quantitative estimate of drug-likeness (QED) is 0.396. The molecular weight excluding hydrogens is 480 g/mol. The van der Waals surface area contributed by atoms with Crippen molar-refractivity contribution in [2.45, 2.75) is 58.9 Å². The van der Waals surface area contributed by atoms with E-state index in [1.165, 1.54) is 6.21 Å². The minimum atomic E-state index is -0.225. The van der Waals surface area contributed by atoms with Crippen molar-refractivity contribution in [3.05, 3.63) is 52.6 Å². The van der Waals surface area contributed by atoms with Gasteiger partial charge in [-0.15, -0.1) is 0 Å². The molecule has 1 fully saturated rings. The van der Waals surface area contributed by atoms with Crippen LogP contribution in [0.3, 0.4) is 0 Å². The number of amides is 1. The minimum Gasteiger partial charge on any atom is -0.507 e. The number of hydrogen-bond acceptors (Lipinski definition) is 7. The van der Waals surface area contributed by atoms with Crippen molar-refractivity contribution in [1.29, 1.82) is 0 Å². The zero-order valence-corrected chi connectivity index (χ0v) is 24.2. The molecule has 1 heterocycles. The molecule has 0 aliphatic carbocycles. The van der Waals surface area contributed by atoms with Gasteiger partial charge >= 0.3 is 0 Å². The van der Waals surface area contributed by atoms with Gasteiger partial charge < -0.3 is 14.6 Å². The molecule has 8 heteroatoms. The summed E-state index contributed by atoms with van der Waals surface area (Å²) >= 11 is 0. The number of nitrogens with one attached hydrogen (secondary N) is 1. The van der Waals surface area contributed by atoms with E-state index in [0.717, 1.165) is 60.9 Å². The van der Waals surface area contributed by atoms with Crippen molar-refractivity contribution < 1.29 is 19.4 Å². The fourth-order valence-corrected chi connectivity index (χ4v) is 4.52. The van der Waals surface area contributed by atoms with Gasteiger partial charge in [0, 0.05) is 49.4 Å². The third-order valence-electron chi connectivity index (χ3n) is 6.92. The van der Waals surface area contributed by atoms with Crippen LogP contribution in [0.5, 0.6) is 17.2 Å². The largest absolute Gasteiger partial charge is 0.507 e. The summed E-state index contributed by atoms with van der Waals surface area (Å²) in [4.78, 5) is 17.1. The molecule has 0 saturated carbocycles. The molecular formula is C30H44N4O4. The van der Waals surface area contributed by atoms with Gasteiger partial charge in [0.05, 0.1) is 27.0 Å². The summed E-state index contributed by atoms with van der Waals surface area (Å²) in [5.74, 6) is 1.68. The van der Waals surface area contributed by atoms with Crippen LogP contribution in [-0.4, -0.2) is 74.0 Å². The summed E-state index contributed by atoms with van der Waals surface area (Å²) in [7, 11) is 3.34. The highest BCUT2D eigenvalue weighted by atomic mass is 16.5. The predicted molar refractivity (Wildman–Crippen MR) is 153 cm³/mol. The van der Waals surface area contributed by atoms with Gasteiger partial charge in [0.1, 0.15) is 17.2 Å². The molecule has 0 radical (unpaired) electrons. The van der Waals surface area contributed by atoms with Crippen LogP contribution >= 0.6 is 0 Å². The monoisotopic (exact) mass is 524 g/mol. The number of hydrogen-bond donors (Lipinski definition) is 2. The van der Waals surface area contributed by atoms with Crippen molar-refractivity contribution >= 4 is 12.1 Å². The van der Waals surface area contributed by atoms with Crippen LogP contribution < -0.4 is 14.9 Å². The molecule has 2 aromatic rings. The van der Waals surface area contributed by atoms with Crippen molar-refractivity contribution in [3.8, 4) is 17.2 Å². The molecule has 0 bridgehead atoms. The van der Waals surface area contributed by atoms with Gasteiger partial charge in [-0.05, 0) is 40.7 Å². The first-order valence-corrected chi connectivity index (χ1v) is 13.2. The Hall–Kier alpha value is -3.10. The second kappa shape index (κ2) is 12.2. The third kappa shape index (κ3) is 7.71. The van der Waals surface area contributed by atoms with Gasteiger partial charge in [0.15, 0.2) is 0 Å². The maximum atomic E-state index is 12.6. The summed E-state index contributed by atoms with van der Waals surface area (Å²) in [6.07, 6.45) is 1.54. The number of methoxy groups -OCH3 is 2. The number of carbonyl (C=O) groups is 1. The van der Waals surface area contributed by atoms with Crippen molar-refractivity contribution in [2.75, 3.05) is 46.9 Å². The number of piperazine rings is 1. The number of hydrazone groups is 1. The molecule has 208 valence electrons.